The van der Waals surface area contributed by atoms with Crippen molar-refractivity contribution in [3.05, 3.63) is 33.8 Å². The fraction of sp³-hybridized carbons (Fsp3) is 0.462. The number of ether oxygens (including phenoxy) is 1. The van der Waals surface area contributed by atoms with Crippen LogP contribution in [0.25, 0.3) is 0 Å². The molecule has 0 radical (unpaired) electrons. The van der Waals surface area contributed by atoms with Gasteiger partial charge in [0.25, 0.3) is 0 Å². The Kier molecular flexibility index (Phi) is 4.57. The van der Waals surface area contributed by atoms with Crippen LogP contribution in [0.3, 0.4) is 0 Å². The molecule has 0 aliphatic carbocycles. The van der Waals surface area contributed by atoms with E-state index in [1.54, 1.807) is 0 Å². The number of hydrogen-bond donors (Lipinski definition) is 1. The largest absolute Gasteiger partial charge is 0.445 e. The number of amides is 1. The Morgan fingerprint density at radius 3 is 2.59 bits per heavy atom. The van der Waals surface area contributed by atoms with Gasteiger partial charge < -0.3 is 10.1 Å². The average Bonchev–Trinajstić information content (AvgIpc) is 2.13. The van der Waals surface area contributed by atoms with Crippen molar-refractivity contribution in [2.45, 2.75) is 39.8 Å². The van der Waals surface area contributed by atoms with Gasteiger partial charge in [-0.2, -0.15) is 0 Å². The summed E-state index contributed by atoms with van der Waals surface area (Å²) in [5.74, 6) is 0. The van der Waals surface area contributed by atoms with Gasteiger partial charge in [-0.25, -0.2) is 4.79 Å². The Labute approximate surface area is 111 Å². The molecule has 0 fully saturated rings. The minimum atomic E-state index is -0.389. The topological polar surface area (TPSA) is 38.3 Å². The molecule has 1 aromatic carbocycles. The van der Waals surface area contributed by atoms with Gasteiger partial charge in [0.2, 0.25) is 0 Å². The summed E-state index contributed by atoms with van der Waals surface area (Å²) in [5.41, 5.74) is 1.84. The molecule has 0 unspecified atom stereocenters. The summed E-state index contributed by atoms with van der Waals surface area (Å²) >= 11 is 3.40. The molecular formula is C13H18BrNO2. The van der Waals surface area contributed by atoms with E-state index in [9.17, 15) is 4.79 Å². The Balaban J connectivity index is 2.53. The minimum absolute atomic E-state index is 0.272. The molecule has 3 nitrogen and oxygen atoms in total. The van der Waals surface area contributed by atoms with Gasteiger partial charge in [0.15, 0.2) is 0 Å². The highest BCUT2D eigenvalue weighted by Crippen LogP contribution is 2.16. The van der Waals surface area contributed by atoms with Crippen molar-refractivity contribution in [2.24, 2.45) is 0 Å². The van der Waals surface area contributed by atoms with Crippen molar-refractivity contribution in [3.8, 4) is 0 Å². The fourth-order valence-corrected chi connectivity index (χ4v) is 1.78. The lowest BCUT2D eigenvalue weighted by atomic mass is 10.1. The average molecular weight is 300 g/mol. The third-order valence-corrected chi connectivity index (χ3v) is 2.63. The van der Waals surface area contributed by atoms with Gasteiger partial charge in [0.1, 0.15) is 6.61 Å². The van der Waals surface area contributed by atoms with Crippen LogP contribution in [0, 0.1) is 6.92 Å². The summed E-state index contributed by atoms with van der Waals surface area (Å²) in [7, 11) is 0. The van der Waals surface area contributed by atoms with Crippen LogP contribution < -0.4 is 5.32 Å². The van der Waals surface area contributed by atoms with Crippen molar-refractivity contribution in [1.82, 2.24) is 5.32 Å². The van der Waals surface area contributed by atoms with Crippen molar-refractivity contribution >= 4 is 22.0 Å². The molecule has 0 aliphatic heterocycles. The van der Waals surface area contributed by atoms with Crippen molar-refractivity contribution in [2.75, 3.05) is 0 Å². The lowest BCUT2D eigenvalue weighted by molar-refractivity contribution is 0.131. The van der Waals surface area contributed by atoms with Gasteiger partial charge in [-0.3, -0.25) is 0 Å². The number of alkyl carbamates (subject to hydrolysis) is 1. The molecule has 1 rings (SSSR count). The molecule has 1 N–H and O–H groups in total. The Morgan fingerprint density at radius 1 is 1.41 bits per heavy atom. The van der Waals surface area contributed by atoms with Gasteiger partial charge in [-0.1, -0.05) is 22.0 Å². The van der Waals surface area contributed by atoms with Gasteiger partial charge in [-0.15, -0.1) is 0 Å². The molecule has 94 valence electrons. The molecule has 0 aliphatic rings. The van der Waals surface area contributed by atoms with Gasteiger partial charge >= 0.3 is 6.09 Å². The van der Waals surface area contributed by atoms with Crippen LogP contribution in [0.4, 0.5) is 4.79 Å². The standard InChI is InChI=1S/C13H18BrNO2/c1-9-7-11(14)6-5-10(9)8-17-12(16)15-13(2,3)4/h5-7H,8H2,1-4H3,(H,15,16). The van der Waals surface area contributed by atoms with Crippen LogP contribution in [-0.4, -0.2) is 11.6 Å². The lowest BCUT2D eigenvalue weighted by Gasteiger charge is -2.20. The zero-order chi connectivity index (χ0) is 13.1. The quantitative estimate of drug-likeness (QED) is 0.902. The van der Waals surface area contributed by atoms with E-state index in [1.165, 1.54) is 0 Å². The first-order chi connectivity index (χ1) is 7.78. The molecular weight excluding hydrogens is 282 g/mol. The number of nitrogens with one attached hydrogen (secondary N) is 1. The summed E-state index contributed by atoms with van der Waals surface area (Å²) in [4.78, 5) is 11.5. The second-order valence-electron chi connectivity index (χ2n) is 5.02. The molecule has 0 bridgehead atoms. The number of aryl methyl sites for hydroxylation is 1. The summed E-state index contributed by atoms with van der Waals surface area (Å²) in [6.45, 7) is 8.03. The Hall–Kier alpha value is -1.03. The van der Waals surface area contributed by atoms with E-state index < -0.39 is 0 Å². The van der Waals surface area contributed by atoms with E-state index in [1.807, 2.05) is 45.9 Å². The van der Waals surface area contributed by atoms with Crippen LogP contribution in [0.5, 0.6) is 0 Å². The molecule has 1 amide bonds. The Morgan fingerprint density at radius 2 is 2.06 bits per heavy atom. The maximum atomic E-state index is 11.5. The highest BCUT2D eigenvalue weighted by atomic mass is 79.9. The maximum Gasteiger partial charge on any atom is 0.407 e. The van der Waals surface area contributed by atoms with Crippen molar-refractivity contribution in [1.29, 1.82) is 0 Å². The molecule has 0 aromatic heterocycles. The normalized spacial score (nSPS) is 11.1. The molecule has 1 aromatic rings. The van der Waals surface area contributed by atoms with Gasteiger partial charge in [0, 0.05) is 10.0 Å². The SMILES string of the molecule is Cc1cc(Br)ccc1COC(=O)NC(C)(C)C. The van der Waals surface area contributed by atoms with Crippen molar-refractivity contribution in [3.63, 3.8) is 0 Å². The van der Waals surface area contributed by atoms with E-state index in [4.69, 9.17) is 4.74 Å². The molecule has 4 heteroatoms. The zero-order valence-corrected chi connectivity index (χ0v) is 12.2. The predicted octanol–water partition coefficient (Wildman–Crippen LogP) is 3.78. The minimum Gasteiger partial charge on any atom is -0.445 e. The number of hydrogen-bond acceptors (Lipinski definition) is 2. The van der Waals surface area contributed by atoms with Crippen LogP contribution in [0.1, 0.15) is 31.9 Å². The predicted molar refractivity (Wildman–Crippen MR) is 72.0 cm³/mol. The van der Waals surface area contributed by atoms with Crippen LogP contribution in [0.2, 0.25) is 0 Å². The van der Waals surface area contributed by atoms with Crippen LogP contribution in [-0.2, 0) is 11.3 Å². The first-order valence-corrected chi connectivity index (χ1v) is 6.27. The fourth-order valence-electron chi connectivity index (χ4n) is 1.31. The van der Waals surface area contributed by atoms with E-state index in [0.29, 0.717) is 6.61 Å². The highest BCUT2D eigenvalue weighted by Gasteiger charge is 2.14. The van der Waals surface area contributed by atoms with Crippen molar-refractivity contribution < 1.29 is 9.53 Å². The smallest absolute Gasteiger partial charge is 0.407 e. The van der Waals surface area contributed by atoms with E-state index in [0.717, 1.165) is 15.6 Å². The molecule has 0 atom stereocenters. The summed E-state index contributed by atoms with van der Waals surface area (Å²) < 4.78 is 6.19. The number of carbonyl (C=O) groups is 1. The van der Waals surface area contributed by atoms with Gasteiger partial charge in [-0.05, 0) is 51.0 Å². The summed E-state index contributed by atoms with van der Waals surface area (Å²) in [5, 5.41) is 2.75. The molecule has 0 heterocycles. The zero-order valence-electron chi connectivity index (χ0n) is 10.6. The second-order valence-corrected chi connectivity index (χ2v) is 5.94. The first kappa shape index (κ1) is 14.0. The van der Waals surface area contributed by atoms with Crippen LogP contribution >= 0.6 is 15.9 Å². The molecule has 0 saturated carbocycles. The number of benzene rings is 1. The summed E-state index contributed by atoms with van der Waals surface area (Å²) in [6, 6.07) is 5.89. The lowest BCUT2D eigenvalue weighted by Crippen LogP contribution is -2.40. The second kappa shape index (κ2) is 5.54. The van der Waals surface area contributed by atoms with E-state index in [-0.39, 0.29) is 11.6 Å². The molecule has 0 spiro atoms. The molecule has 17 heavy (non-hydrogen) atoms. The summed E-state index contributed by atoms with van der Waals surface area (Å²) in [6.07, 6.45) is -0.389. The maximum absolute atomic E-state index is 11.5. The molecule has 0 saturated heterocycles. The Bertz CT molecular complexity index is 410. The monoisotopic (exact) mass is 299 g/mol. The van der Waals surface area contributed by atoms with Crippen LogP contribution in [0.15, 0.2) is 22.7 Å². The highest BCUT2D eigenvalue weighted by molar-refractivity contribution is 9.10. The van der Waals surface area contributed by atoms with E-state index in [2.05, 4.69) is 21.2 Å². The first-order valence-electron chi connectivity index (χ1n) is 5.48. The van der Waals surface area contributed by atoms with Gasteiger partial charge in [0.05, 0.1) is 0 Å². The van der Waals surface area contributed by atoms with E-state index >= 15 is 0 Å². The number of halogens is 1. The third kappa shape index (κ3) is 5.22. The number of carbonyl (C=O) groups excluding carboxylic acids is 1. The number of rotatable bonds is 2. The third-order valence-electron chi connectivity index (χ3n) is 2.14.